The molecule has 8 heteroatoms. The van der Waals surface area contributed by atoms with Crippen LogP contribution < -0.4 is 10.6 Å². The number of hydrogen-bond donors (Lipinski definition) is 3. The van der Waals surface area contributed by atoms with E-state index in [1.165, 1.54) is 24.8 Å². The standard InChI is InChI=1S/C18H20N2O5S/c1-10-16(18(23)24)8-14(25-10)9-19-17(22)11(2)26-15-6-4-13(5-7-15)20-12(3)21/h4-8,11H,9H2,1-3H3,(H,19,22)(H,20,21)(H,23,24). The molecule has 0 aliphatic carbocycles. The number of aryl methyl sites for hydroxylation is 1. The summed E-state index contributed by atoms with van der Waals surface area (Å²) in [5, 5.41) is 14.1. The van der Waals surface area contributed by atoms with E-state index in [9.17, 15) is 14.4 Å². The van der Waals surface area contributed by atoms with Gasteiger partial charge in [0, 0.05) is 17.5 Å². The van der Waals surface area contributed by atoms with Gasteiger partial charge in [0.05, 0.1) is 11.8 Å². The molecule has 138 valence electrons. The maximum atomic E-state index is 12.2. The average molecular weight is 376 g/mol. The van der Waals surface area contributed by atoms with Gasteiger partial charge in [0.25, 0.3) is 0 Å². The molecule has 2 aromatic rings. The first-order valence-corrected chi connectivity index (χ1v) is 8.79. The highest BCUT2D eigenvalue weighted by atomic mass is 32.2. The number of carbonyl (C=O) groups excluding carboxylic acids is 2. The van der Waals surface area contributed by atoms with Crippen molar-refractivity contribution >= 4 is 35.2 Å². The fraction of sp³-hybridized carbons (Fsp3) is 0.278. The van der Waals surface area contributed by atoms with Crippen LogP contribution in [0.3, 0.4) is 0 Å². The van der Waals surface area contributed by atoms with Crippen LogP contribution in [0, 0.1) is 6.92 Å². The van der Waals surface area contributed by atoms with Crippen LogP contribution in [0.4, 0.5) is 5.69 Å². The minimum atomic E-state index is -1.06. The highest BCUT2D eigenvalue weighted by Gasteiger charge is 2.17. The predicted octanol–water partition coefficient (Wildman–Crippen LogP) is 3.04. The van der Waals surface area contributed by atoms with Crippen molar-refractivity contribution in [3.63, 3.8) is 0 Å². The van der Waals surface area contributed by atoms with Gasteiger partial charge in [-0.3, -0.25) is 9.59 Å². The number of rotatable bonds is 7. The molecule has 0 fully saturated rings. The molecule has 0 aliphatic heterocycles. The van der Waals surface area contributed by atoms with E-state index in [2.05, 4.69) is 10.6 Å². The number of carboxylic acids is 1. The van der Waals surface area contributed by atoms with Gasteiger partial charge in [0.1, 0.15) is 17.1 Å². The maximum absolute atomic E-state index is 12.2. The van der Waals surface area contributed by atoms with Crippen LogP contribution in [-0.4, -0.2) is 28.1 Å². The van der Waals surface area contributed by atoms with Crippen molar-refractivity contribution in [2.75, 3.05) is 5.32 Å². The number of nitrogens with one attached hydrogen (secondary N) is 2. The smallest absolute Gasteiger partial charge is 0.339 e. The van der Waals surface area contributed by atoms with Gasteiger partial charge in [-0.1, -0.05) is 0 Å². The zero-order chi connectivity index (χ0) is 19.3. The van der Waals surface area contributed by atoms with Gasteiger partial charge in [-0.15, -0.1) is 11.8 Å². The van der Waals surface area contributed by atoms with Crippen molar-refractivity contribution in [3.8, 4) is 0 Å². The second-order valence-corrected chi connectivity index (χ2v) is 7.09. The van der Waals surface area contributed by atoms with E-state index in [1.54, 1.807) is 26.0 Å². The molecule has 0 saturated heterocycles. The molecule has 3 N–H and O–H groups in total. The van der Waals surface area contributed by atoms with Crippen molar-refractivity contribution in [2.24, 2.45) is 0 Å². The quantitative estimate of drug-likeness (QED) is 0.641. The molecule has 2 rings (SSSR count). The van der Waals surface area contributed by atoms with Gasteiger partial charge >= 0.3 is 5.97 Å². The molecule has 0 saturated carbocycles. The third-order valence-electron chi connectivity index (χ3n) is 3.49. The summed E-state index contributed by atoms with van der Waals surface area (Å²) in [4.78, 5) is 35.1. The van der Waals surface area contributed by atoms with Crippen LogP contribution >= 0.6 is 11.8 Å². The Bertz CT molecular complexity index is 813. The van der Waals surface area contributed by atoms with E-state index in [1.807, 2.05) is 12.1 Å². The fourth-order valence-corrected chi connectivity index (χ4v) is 3.13. The normalized spacial score (nSPS) is 11.7. The summed E-state index contributed by atoms with van der Waals surface area (Å²) in [6.45, 7) is 4.91. The lowest BCUT2D eigenvalue weighted by atomic mass is 10.2. The minimum Gasteiger partial charge on any atom is -0.478 e. The van der Waals surface area contributed by atoms with E-state index >= 15 is 0 Å². The predicted molar refractivity (Wildman–Crippen MR) is 98.3 cm³/mol. The maximum Gasteiger partial charge on any atom is 0.339 e. The van der Waals surface area contributed by atoms with Crippen LogP contribution in [0.1, 0.15) is 35.7 Å². The van der Waals surface area contributed by atoms with E-state index < -0.39 is 5.97 Å². The Morgan fingerprint density at radius 1 is 1.23 bits per heavy atom. The summed E-state index contributed by atoms with van der Waals surface area (Å²) in [6.07, 6.45) is 0. The molecule has 1 aromatic carbocycles. The molecule has 7 nitrogen and oxygen atoms in total. The first-order chi connectivity index (χ1) is 12.3. The van der Waals surface area contributed by atoms with Crippen molar-refractivity contribution in [2.45, 2.75) is 37.5 Å². The van der Waals surface area contributed by atoms with E-state index in [-0.39, 0.29) is 29.2 Å². The molecule has 2 amide bonds. The molecular weight excluding hydrogens is 356 g/mol. The van der Waals surface area contributed by atoms with Crippen molar-refractivity contribution in [1.82, 2.24) is 5.32 Å². The summed E-state index contributed by atoms with van der Waals surface area (Å²) >= 11 is 1.38. The van der Waals surface area contributed by atoms with E-state index in [4.69, 9.17) is 9.52 Å². The Hall–Kier alpha value is -2.74. The number of benzene rings is 1. The Labute approximate surface area is 155 Å². The molecule has 1 aromatic heterocycles. The van der Waals surface area contributed by atoms with Gasteiger partial charge in [-0.2, -0.15) is 0 Å². The van der Waals surface area contributed by atoms with Crippen LogP contribution in [-0.2, 0) is 16.1 Å². The molecule has 1 unspecified atom stereocenters. The van der Waals surface area contributed by atoms with Gasteiger partial charge in [0.15, 0.2) is 0 Å². The number of thioether (sulfide) groups is 1. The van der Waals surface area contributed by atoms with Crippen LogP contribution in [0.25, 0.3) is 0 Å². The fourth-order valence-electron chi connectivity index (χ4n) is 2.24. The zero-order valence-electron chi connectivity index (χ0n) is 14.7. The number of carboxylic acid groups (broad SMARTS) is 1. The lowest BCUT2D eigenvalue weighted by Gasteiger charge is -2.11. The zero-order valence-corrected chi connectivity index (χ0v) is 15.5. The molecular formula is C18H20N2O5S. The summed E-state index contributed by atoms with van der Waals surface area (Å²) < 4.78 is 5.33. The lowest BCUT2D eigenvalue weighted by molar-refractivity contribution is -0.120. The first kappa shape index (κ1) is 19.6. The van der Waals surface area contributed by atoms with Crippen molar-refractivity contribution in [1.29, 1.82) is 0 Å². The molecule has 0 aliphatic rings. The van der Waals surface area contributed by atoms with Crippen molar-refractivity contribution in [3.05, 3.63) is 47.4 Å². The topological polar surface area (TPSA) is 109 Å². The number of carbonyl (C=O) groups is 3. The SMILES string of the molecule is CC(=O)Nc1ccc(SC(C)C(=O)NCc2cc(C(=O)O)c(C)o2)cc1. The van der Waals surface area contributed by atoms with Gasteiger partial charge in [-0.05, 0) is 44.2 Å². The Balaban J connectivity index is 1.88. The highest BCUT2D eigenvalue weighted by molar-refractivity contribution is 8.00. The Kier molecular flexibility index (Phi) is 6.46. The van der Waals surface area contributed by atoms with Gasteiger partial charge < -0.3 is 20.2 Å². The van der Waals surface area contributed by atoms with Crippen molar-refractivity contribution < 1.29 is 23.9 Å². The number of anilines is 1. The third-order valence-corrected chi connectivity index (χ3v) is 4.60. The summed E-state index contributed by atoms with van der Waals surface area (Å²) in [5.41, 5.74) is 0.789. The van der Waals surface area contributed by atoms with Crippen LogP contribution in [0.2, 0.25) is 0 Å². The molecule has 1 heterocycles. The molecule has 0 bridgehead atoms. The number of furan rings is 1. The highest BCUT2D eigenvalue weighted by Crippen LogP contribution is 2.25. The van der Waals surface area contributed by atoms with E-state index in [0.29, 0.717) is 17.2 Å². The van der Waals surface area contributed by atoms with E-state index in [0.717, 1.165) is 4.90 Å². The summed E-state index contributed by atoms with van der Waals surface area (Å²) in [7, 11) is 0. The van der Waals surface area contributed by atoms with Gasteiger partial charge in [-0.25, -0.2) is 4.79 Å². The second kappa shape index (κ2) is 8.57. The van der Waals surface area contributed by atoms with Gasteiger partial charge in [0.2, 0.25) is 11.8 Å². The Morgan fingerprint density at radius 3 is 2.42 bits per heavy atom. The van der Waals surface area contributed by atoms with Crippen LogP contribution in [0.5, 0.6) is 0 Å². The molecule has 26 heavy (non-hydrogen) atoms. The molecule has 0 radical (unpaired) electrons. The number of aromatic carboxylic acids is 1. The number of hydrogen-bond acceptors (Lipinski definition) is 5. The molecule has 1 atom stereocenters. The summed E-state index contributed by atoms with van der Waals surface area (Å²) in [5.74, 6) is -0.687. The number of amides is 2. The first-order valence-electron chi connectivity index (χ1n) is 7.91. The largest absolute Gasteiger partial charge is 0.478 e. The van der Waals surface area contributed by atoms with Crippen LogP contribution in [0.15, 0.2) is 39.6 Å². The minimum absolute atomic E-state index is 0.0935. The average Bonchev–Trinajstić information content (AvgIpc) is 2.95. The second-order valence-electron chi connectivity index (χ2n) is 5.67. The monoisotopic (exact) mass is 376 g/mol. The lowest BCUT2D eigenvalue weighted by Crippen LogP contribution is -2.30. The Morgan fingerprint density at radius 2 is 1.88 bits per heavy atom. The third kappa shape index (κ3) is 5.38. The molecule has 0 spiro atoms. The summed E-state index contributed by atoms with van der Waals surface area (Å²) in [6, 6.07) is 8.61.